The number of amides is 2. The van der Waals surface area contributed by atoms with Crippen LogP contribution in [0.15, 0.2) is 46.4 Å². The van der Waals surface area contributed by atoms with Gasteiger partial charge in [0.1, 0.15) is 10.7 Å². The highest BCUT2D eigenvalue weighted by molar-refractivity contribution is 7.99. The first-order valence-corrected chi connectivity index (χ1v) is 9.60. The molecular weight excluding hydrogens is 420 g/mol. The molecule has 3 rings (SSSR count). The number of thioether (sulfide) groups is 1. The molecule has 4 nitrogen and oxygen atoms in total. The molecule has 2 atom stereocenters. The molecule has 9 heteroatoms. The van der Waals surface area contributed by atoms with Gasteiger partial charge in [0.05, 0.1) is 0 Å². The lowest BCUT2D eigenvalue weighted by Gasteiger charge is -2.39. The number of carbonyl (C=O) groups is 1. The molecule has 3 N–H and O–H groups in total. The Balaban J connectivity index is 2.19. The number of halogens is 4. The second-order valence-corrected chi connectivity index (χ2v) is 8.15. The summed E-state index contributed by atoms with van der Waals surface area (Å²) in [6.07, 6.45) is 1.48. The molecule has 136 valence electrons. The number of hydrogen-bond donors (Lipinski definition) is 2. The maximum Gasteiger partial charge on any atom is 0.332 e. The fraction of sp³-hybridized carbons (Fsp3) is 0.176. The average Bonchev–Trinajstić information content (AvgIpc) is 2.59. The van der Waals surface area contributed by atoms with Crippen molar-refractivity contribution in [3.8, 4) is 0 Å². The van der Waals surface area contributed by atoms with E-state index in [1.807, 2.05) is 0 Å². The van der Waals surface area contributed by atoms with Crippen molar-refractivity contribution in [2.24, 2.45) is 16.8 Å². The van der Waals surface area contributed by atoms with E-state index < -0.39 is 22.6 Å². The van der Waals surface area contributed by atoms with Crippen molar-refractivity contribution in [3.63, 3.8) is 0 Å². The highest BCUT2D eigenvalue weighted by atomic mass is 35.5. The molecule has 1 heterocycles. The van der Waals surface area contributed by atoms with Crippen LogP contribution in [0.2, 0.25) is 10.0 Å². The second-order valence-electron chi connectivity index (χ2n) is 5.65. The Morgan fingerprint density at radius 3 is 2.81 bits per heavy atom. The summed E-state index contributed by atoms with van der Waals surface area (Å²) in [6.45, 7) is 0. The molecule has 0 bridgehead atoms. The van der Waals surface area contributed by atoms with Crippen LogP contribution in [-0.4, -0.2) is 18.0 Å². The lowest BCUT2D eigenvalue weighted by atomic mass is 9.80. The van der Waals surface area contributed by atoms with Gasteiger partial charge in [-0.05, 0) is 47.5 Å². The fourth-order valence-corrected chi connectivity index (χ4v) is 5.18. The molecule has 2 aromatic carbocycles. The van der Waals surface area contributed by atoms with Crippen LogP contribution in [0.4, 0.5) is 9.18 Å². The summed E-state index contributed by atoms with van der Waals surface area (Å²) >= 11 is 21.2. The number of benzene rings is 2. The number of urea groups is 1. The maximum absolute atomic E-state index is 14.0. The minimum Gasteiger partial charge on any atom is -0.350 e. The quantitative estimate of drug-likeness (QED) is 0.407. The van der Waals surface area contributed by atoms with Crippen molar-refractivity contribution in [3.05, 3.63) is 63.4 Å². The van der Waals surface area contributed by atoms with Gasteiger partial charge < -0.3 is 5.73 Å². The number of alkyl halides is 1. The standard InChI is InChI=1S/C17H13Cl3FN3OS/c18-10-1-3-14(19)12(5-10)17(20)9(7-23-24-16(22)25)8-26-15-4-2-11(21)6-13(15)17/h1-7,9H,8H2,(H3,22,24,25). The second kappa shape index (κ2) is 7.64. The zero-order chi connectivity index (χ0) is 18.9. The zero-order valence-electron chi connectivity index (χ0n) is 13.2. The van der Waals surface area contributed by atoms with Crippen molar-refractivity contribution < 1.29 is 9.18 Å². The number of hydrogen-bond acceptors (Lipinski definition) is 3. The van der Waals surface area contributed by atoms with E-state index in [4.69, 9.17) is 40.5 Å². The van der Waals surface area contributed by atoms with Gasteiger partial charge in [0, 0.05) is 32.8 Å². The first kappa shape index (κ1) is 19.3. The Bertz CT molecular complexity index is 896. The van der Waals surface area contributed by atoms with Crippen molar-refractivity contribution in [1.82, 2.24) is 5.43 Å². The summed E-state index contributed by atoms with van der Waals surface area (Å²) in [5.74, 6) is -0.291. The molecule has 1 aliphatic rings. The fourth-order valence-electron chi connectivity index (χ4n) is 2.86. The van der Waals surface area contributed by atoms with Crippen molar-refractivity contribution in [2.45, 2.75) is 9.77 Å². The van der Waals surface area contributed by atoms with E-state index in [-0.39, 0.29) is 0 Å². The molecule has 2 unspecified atom stereocenters. The van der Waals surface area contributed by atoms with Gasteiger partial charge in [0.25, 0.3) is 0 Å². The number of fused-ring (bicyclic) bond motifs is 1. The molecular formula is C17H13Cl3FN3OS. The number of primary amides is 1. The van der Waals surface area contributed by atoms with Gasteiger partial charge in [0.15, 0.2) is 0 Å². The SMILES string of the molecule is NC(=O)NN=CC1CSc2ccc(F)cc2C1(Cl)c1cc(Cl)ccc1Cl. The lowest BCUT2D eigenvalue weighted by molar-refractivity contribution is 0.249. The summed E-state index contributed by atoms with van der Waals surface area (Å²) < 4.78 is 14.0. The highest BCUT2D eigenvalue weighted by Crippen LogP contribution is 2.53. The van der Waals surface area contributed by atoms with Crippen LogP contribution < -0.4 is 11.2 Å². The van der Waals surface area contributed by atoms with E-state index in [2.05, 4.69) is 10.5 Å². The number of hydrazone groups is 1. The first-order valence-electron chi connectivity index (χ1n) is 7.48. The van der Waals surface area contributed by atoms with Crippen molar-refractivity contribution >= 4 is 58.8 Å². The van der Waals surface area contributed by atoms with Crippen molar-refractivity contribution in [1.29, 1.82) is 0 Å². The smallest absolute Gasteiger partial charge is 0.332 e. The van der Waals surface area contributed by atoms with E-state index in [0.29, 0.717) is 26.9 Å². The minimum atomic E-state index is -1.21. The predicted octanol–water partition coefficient (Wildman–Crippen LogP) is 4.99. The number of nitrogens with two attached hydrogens (primary N) is 1. The monoisotopic (exact) mass is 431 g/mol. The minimum absolute atomic E-state index is 0.396. The zero-order valence-corrected chi connectivity index (χ0v) is 16.3. The van der Waals surface area contributed by atoms with E-state index in [9.17, 15) is 9.18 Å². The number of nitrogens with zero attached hydrogens (tertiary/aromatic N) is 1. The molecule has 0 spiro atoms. The van der Waals surface area contributed by atoms with E-state index >= 15 is 0 Å². The lowest BCUT2D eigenvalue weighted by Crippen LogP contribution is -2.38. The largest absolute Gasteiger partial charge is 0.350 e. The Morgan fingerprint density at radius 2 is 2.08 bits per heavy atom. The Hall–Kier alpha value is -1.47. The van der Waals surface area contributed by atoms with Crippen molar-refractivity contribution in [2.75, 3.05) is 5.75 Å². The van der Waals surface area contributed by atoms with Gasteiger partial charge >= 0.3 is 6.03 Å². The highest BCUT2D eigenvalue weighted by Gasteiger charge is 2.45. The van der Waals surface area contributed by atoms with Crippen LogP contribution in [0, 0.1) is 11.7 Å². The van der Waals surface area contributed by atoms with Gasteiger partial charge in [-0.15, -0.1) is 23.4 Å². The van der Waals surface area contributed by atoms with Gasteiger partial charge in [0.2, 0.25) is 0 Å². The summed E-state index contributed by atoms with van der Waals surface area (Å²) in [5.41, 5.74) is 8.29. The van der Waals surface area contributed by atoms with Crippen LogP contribution in [-0.2, 0) is 4.87 Å². The molecule has 1 aliphatic heterocycles. The normalized spacial score (nSPS) is 22.2. The average molecular weight is 433 g/mol. The van der Waals surface area contributed by atoms with Gasteiger partial charge in [-0.1, -0.05) is 23.2 Å². The Labute approximate surface area is 168 Å². The van der Waals surface area contributed by atoms with E-state index in [0.717, 1.165) is 4.90 Å². The molecule has 2 aromatic rings. The molecule has 26 heavy (non-hydrogen) atoms. The predicted molar refractivity (Wildman–Crippen MR) is 105 cm³/mol. The molecule has 0 fully saturated rings. The topological polar surface area (TPSA) is 67.5 Å². The Morgan fingerprint density at radius 1 is 1.31 bits per heavy atom. The van der Waals surface area contributed by atoms with Crippen LogP contribution in [0.1, 0.15) is 11.1 Å². The third kappa shape index (κ3) is 3.64. The van der Waals surface area contributed by atoms with Crippen LogP contribution in [0.3, 0.4) is 0 Å². The molecule has 0 saturated heterocycles. The number of nitrogens with one attached hydrogen (secondary N) is 1. The molecule has 0 radical (unpaired) electrons. The third-order valence-corrected chi connectivity index (χ3v) is 6.46. The molecule has 0 saturated carbocycles. The van der Waals surface area contributed by atoms with Crippen LogP contribution in [0.25, 0.3) is 0 Å². The number of carbonyl (C=O) groups excluding carboxylic acids is 1. The summed E-state index contributed by atoms with van der Waals surface area (Å²) in [6, 6.07) is 8.59. The summed E-state index contributed by atoms with van der Waals surface area (Å²) in [4.78, 5) is 10.5. The molecule has 0 aromatic heterocycles. The summed E-state index contributed by atoms with van der Waals surface area (Å²) in [5, 5.41) is 4.69. The van der Waals surface area contributed by atoms with Gasteiger partial charge in [-0.25, -0.2) is 14.6 Å². The summed E-state index contributed by atoms with van der Waals surface area (Å²) in [7, 11) is 0. The van der Waals surface area contributed by atoms with Gasteiger partial charge in [-0.3, -0.25) is 0 Å². The third-order valence-electron chi connectivity index (χ3n) is 4.01. The molecule has 2 amide bonds. The maximum atomic E-state index is 14.0. The first-order chi connectivity index (χ1) is 12.3. The van der Waals surface area contributed by atoms with Gasteiger partial charge in [-0.2, -0.15) is 5.10 Å². The number of rotatable bonds is 3. The van der Waals surface area contributed by atoms with Crippen LogP contribution >= 0.6 is 46.6 Å². The van der Waals surface area contributed by atoms with E-state index in [1.54, 1.807) is 24.3 Å². The Kier molecular flexibility index (Phi) is 5.67. The van der Waals surface area contributed by atoms with E-state index in [1.165, 1.54) is 30.1 Å². The van der Waals surface area contributed by atoms with Crippen LogP contribution in [0.5, 0.6) is 0 Å². The molecule has 0 aliphatic carbocycles.